The summed E-state index contributed by atoms with van der Waals surface area (Å²) in [6.07, 6.45) is 1.66. The molecule has 0 aliphatic carbocycles. The Morgan fingerprint density at radius 3 is 2.50 bits per heavy atom. The van der Waals surface area contributed by atoms with Crippen molar-refractivity contribution in [2.45, 2.75) is 43.2 Å². The van der Waals surface area contributed by atoms with E-state index in [0.29, 0.717) is 11.4 Å². The van der Waals surface area contributed by atoms with E-state index in [0.717, 1.165) is 12.8 Å². The smallest absolute Gasteiger partial charge is 0.243 e. The summed E-state index contributed by atoms with van der Waals surface area (Å²) in [6, 6.07) is 8.48. The molecule has 1 aromatic carbocycles. The van der Waals surface area contributed by atoms with Gasteiger partial charge in [-0.3, -0.25) is 0 Å². The second-order valence-electron chi connectivity index (χ2n) is 5.46. The minimum absolute atomic E-state index is 0.0727. The van der Waals surface area contributed by atoms with Gasteiger partial charge < -0.3 is 5.73 Å². The fourth-order valence-corrected chi connectivity index (χ4v) is 4.24. The molecule has 0 saturated carbocycles. The third kappa shape index (κ3) is 2.43. The fraction of sp³-hybridized carbons (Fsp3) is 0.538. The van der Waals surface area contributed by atoms with E-state index in [1.807, 2.05) is 19.9 Å². The van der Waals surface area contributed by atoms with Gasteiger partial charge in [-0.25, -0.2) is 8.42 Å². The molecule has 1 aliphatic rings. The number of piperidine rings is 1. The zero-order valence-corrected chi connectivity index (χ0v) is 11.7. The van der Waals surface area contributed by atoms with Crippen molar-refractivity contribution in [3.8, 4) is 0 Å². The Morgan fingerprint density at radius 2 is 1.89 bits per heavy atom. The normalized spacial score (nSPS) is 24.9. The first-order valence-corrected chi connectivity index (χ1v) is 7.61. The Hall–Kier alpha value is -0.910. The molecular weight excluding hydrogens is 248 g/mol. The van der Waals surface area contributed by atoms with Crippen LogP contribution in [-0.4, -0.2) is 30.8 Å². The van der Waals surface area contributed by atoms with Crippen molar-refractivity contribution in [1.82, 2.24) is 4.31 Å². The first-order chi connectivity index (χ1) is 8.34. The highest BCUT2D eigenvalue weighted by atomic mass is 32.2. The zero-order valence-electron chi connectivity index (χ0n) is 10.8. The van der Waals surface area contributed by atoms with Crippen LogP contribution in [0.1, 0.15) is 26.7 Å². The van der Waals surface area contributed by atoms with Crippen LogP contribution in [-0.2, 0) is 10.0 Å². The quantitative estimate of drug-likeness (QED) is 0.885. The van der Waals surface area contributed by atoms with Crippen molar-refractivity contribution < 1.29 is 8.42 Å². The van der Waals surface area contributed by atoms with E-state index >= 15 is 0 Å². The van der Waals surface area contributed by atoms with Gasteiger partial charge in [0.25, 0.3) is 0 Å². The average molecular weight is 268 g/mol. The molecule has 100 valence electrons. The number of nitrogens with two attached hydrogens (primary N) is 1. The highest BCUT2D eigenvalue weighted by molar-refractivity contribution is 7.89. The summed E-state index contributed by atoms with van der Waals surface area (Å²) in [5, 5.41) is 0. The van der Waals surface area contributed by atoms with Crippen LogP contribution in [0.3, 0.4) is 0 Å². The molecule has 0 amide bonds. The molecule has 1 aromatic rings. The molecule has 1 unspecified atom stereocenters. The van der Waals surface area contributed by atoms with Gasteiger partial charge in [0.15, 0.2) is 0 Å². The predicted molar refractivity (Wildman–Crippen MR) is 71.6 cm³/mol. The number of benzene rings is 1. The lowest BCUT2D eigenvalue weighted by molar-refractivity contribution is 0.155. The van der Waals surface area contributed by atoms with E-state index in [9.17, 15) is 8.42 Å². The van der Waals surface area contributed by atoms with Crippen LogP contribution >= 0.6 is 0 Å². The molecule has 1 atom stereocenters. The number of rotatable bonds is 2. The highest BCUT2D eigenvalue weighted by Crippen LogP contribution is 2.32. The largest absolute Gasteiger partial charge is 0.327 e. The van der Waals surface area contributed by atoms with E-state index in [4.69, 9.17) is 5.73 Å². The molecule has 18 heavy (non-hydrogen) atoms. The maximum absolute atomic E-state index is 12.6. The number of hydrogen-bond donors (Lipinski definition) is 1. The molecule has 1 fully saturated rings. The Balaban J connectivity index is 2.40. The summed E-state index contributed by atoms with van der Waals surface area (Å²) in [5.74, 6) is 0. The van der Waals surface area contributed by atoms with Gasteiger partial charge in [0.05, 0.1) is 4.90 Å². The van der Waals surface area contributed by atoms with Crippen molar-refractivity contribution >= 4 is 10.0 Å². The van der Waals surface area contributed by atoms with Crippen molar-refractivity contribution in [3.05, 3.63) is 30.3 Å². The van der Waals surface area contributed by atoms with Crippen LogP contribution in [0.25, 0.3) is 0 Å². The minimum Gasteiger partial charge on any atom is -0.327 e. The third-order valence-corrected chi connectivity index (χ3v) is 5.63. The summed E-state index contributed by atoms with van der Waals surface area (Å²) in [4.78, 5) is 0.340. The molecule has 1 saturated heterocycles. The Labute approximate surface area is 109 Å². The number of sulfonamides is 1. The van der Waals surface area contributed by atoms with E-state index in [2.05, 4.69) is 0 Å². The summed E-state index contributed by atoms with van der Waals surface area (Å²) in [7, 11) is -3.45. The maximum atomic E-state index is 12.6. The Bertz CT molecular complexity index is 511. The molecule has 0 spiro atoms. The summed E-state index contributed by atoms with van der Waals surface area (Å²) in [5.41, 5.74) is 5.54. The molecule has 0 bridgehead atoms. The molecular formula is C13H20N2O2S. The van der Waals surface area contributed by atoms with Gasteiger partial charge in [-0.15, -0.1) is 0 Å². The standard InChI is InChI=1S/C13H20N2O2S/c1-13(2)9-8-11(14)10-15(13)18(16,17)12-6-4-3-5-7-12/h3-7,11H,8-10,14H2,1-2H3. The van der Waals surface area contributed by atoms with Gasteiger partial charge >= 0.3 is 0 Å². The average Bonchev–Trinajstić information content (AvgIpc) is 2.33. The fourth-order valence-electron chi connectivity index (χ4n) is 2.36. The lowest BCUT2D eigenvalue weighted by atomic mass is 9.91. The number of nitrogens with zero attached hydrogens (tertiary/aromatic N) is 1. The maximum Gasteiger partial charge on any atom is 0.243 e. The molecule has 0 aromatic heterocycles. The van der Waals surface area contributed by atoms with Crippen molar-refractivity contribution in [1.29, 1.82) is 0 Å². The van der Waals surface area contributed by atoms with E-state index in [1.165, 1.54) is 0 Å². The SMILES string of the molecule is CC1(C)CCC(N)CN1S(=O)(=O)c1ccccc1. The van der Waals surface area contributed by atoms with Crippen LogP contribution in [0, 0.1) is 0 Å². The highest BCUT2D eigenvalue weighted by Gasteiger charge is 2.41. The van der Waals surface area contributed by atoms with Crippen molar-refractivity contribution in [3.63, 3.8) is 0 Å². The van der Waals surface area contributed by atoms with E-state index in [-0.39, 0.29) is 11.6 Å². The van der Waals surface area contributed by atoms with Gasteiger partial charge in [0.1, 0.15) is 0 Å². The van der Waals surface area contributed by atoms with E-state index in [1.54, 1.807) is 28.6 Å². The van der Waals surface area contributed by atoms with Crippen LogP contribution in [0.4, 0.5) is 0 Å². The van der Waals surface area contributed by atoms with Gasteiger partial charge in [-0.05, 0) is 38.8 Å². The number of hydrogen-bond acceptors (Lipinski definition) is 3. The molecule has 0 radical (unpaired) electrons. The Morgan fingerprint density at radius 1 is 1.28 bits per heavy atom. The van der Waals surface area contributed by atoms with Gasteiger partial charge in [0.2, 0.25) is 10.0 Å². The first kappa shape index (κ1) is 13.5. The molecule has 4 nitrogen and oxygen atoms in total. The molecule has 2 N–H and O–H groups in total. The summed E-state index contributed by atoms with van der Waals surface area (Å²) >= 11 is 0. The second kappa shape index (κ2) is 4.64. The van der Waals surface area contributed by atoms with Crippen LogP contribution < -0.4 is 5.73 Å². The lowest BCUT2D eigenvalue weighted by Gasteiger charge is -2.43. The zero-order chi connectivity index (χ0) is 13.4. The lowest BCUT2D eigenvalue weighted by Crippen LogP contribution is -2.56. The summed E-state index contributed by atoms with van der Waals surface area (Å²) < 4.78 is 26.8. The molecule has 1 aliphatic heterocycles. The van der Waals surface area contributed by atoms with Crippen LogP contribution in [0.5, 0.6) is 0 Å². The van der Waals surface area contributed by atoms with E-state index < -0.39 is 10.0 Å². The monoisotopic (exact) mass is 268 g/mol. The topological polar surface area (TPSA) is 63.4 Å². The van der Waals surface area contributed by atoms with Crippen molar-refractivity contribution in [2.24, 2.45) is 5.73 Å². The predicted octanol–water partition coefficient (Wildman–Crippen LogP) is 1.58. The second-order valence-corrected chi connectivity index (χ2v) is 7.32. The molecule has 2 rings (SSSR count). The van der Waals surface area contributed by atoms with Gasteiger partial charge in [0, 0.05) is 18.1 Å². The third-order valence-electron chi connectivity index (χ3n) is 3.53. The van der Waals surface area contributed by atoms with Crippen molar-refractivity contribution in [2.75, 3.05) is 6.54 Å². The van der Waals surface area contributed by atoms with Gasteiger partial charge in [-0.2, -0.15) is 4.31 Å². The van der Waals surface area contributed by atoms with Gasteiger partial charge in [-0.1, -0.05) is 18.2 Å². The molecule has 5 heteroatoms. The Kier molecular flexibility index (Phi) is 3.49. The first-order valence-electron chi connectivity index (χ1n) is 6.17. The van der Waals surface area contributed by atoms with Crippen LogP contribution in [0.15, 0.2) is 35.2 Å². The van der Waals surface area contributed by atoms with Crippen LogP contribution in [0.2, 0.25) is 0 Å². The minimum atomic E-state index is -3.45. The summed E-state index contributed by atoms with van der Waals surface area (Å²) in [6.45, 7) is 4.31. The molecule has 1 heterocycles.